The molecular weight excluding hydrogens is 154 g/mol. The maximum atomic E-state index is 4.85. The van der Waals surface area contributed by atoms with Crippen molar-refractivity contribution in [2.45, 2.75) is 0 Å². The van der Waals surface area contributed by atoms with E-state index < -0.39 is 0 Å². The van der Waals surface area contributed by atoms with Gasteiger partial charge >= 0.3 is 0 Å². The number of para-hydroxylation sites is 1. The van der Waals surface area contributed by atoms with Crippen molar-refractivity contribution in [3.8, 4) is 0 Å². The molecule has 0 radical (unpaired) electrons. The van der Waals surface area contributed by atoms with Crippen molar-refractivity contribution in [3.05, 3.63) is 36.0 Å². The Morgan fingerprint density at radius 3 is 2.91 bits per heavy atom. The minimum absolute atomic E-state index is 1.09. The van der Waals surface area contributed by atoms with Gasteiger partial charge in [-0.3, -0.25) is 0 Å². The summed E-state index contributed by atoms with van der Waals surface area (Å²) >= 11 is 4.85. The zero-order valence-corrected chi connectivity index (χ0v) is 6.69. The molecule has 1 N–H and O–H groups in total. The molecule has 1 aromatic heterocycles. The lowest BCUT2D eigenvalue weighted by Gasteiger charge is -1.87. The monoisotopic (exact) mass is 161 g/mol. The molecule has 0 atom stereocenters. The second-order valence-corrected chi connectivity index (χ2v) is 2.64. The Labute approximate surface area is 70.0 Å². The number of benzene rings is 1. The third-order valence-electron chi connectivity index (χ3n) is 1.75. The number of thiocarbonyl (C=S) groups is 1. The second kappa shape index (κ2) is 2.47. The smallest absolute Gasteiger partial charge is 0.0460 e. The van der Waals surface area contributed by atoms with Crippen LogP contribution in [0.1, 0.15) is 5.56 Å². The zero-order chi connectivity index (χ0) is 7.68. The maximum absolute atomic E-state index is 4.85. The van der Waals surface area contributed by atoms with Crippen molar-refractivity contribution < 1.29 is 0 Å². The molecule has 0 saturated heterocycles. The van der Waals surface area contributed by atoms with E-state index in [9.17, 15) is 0 Å². The molecule has 0 spiro atoms. The summed E-state index contributed by atoms with van der Waals surface area (Å²) in [7, 11) is 0. The molecule has 0 aliphatic carbocycles. The molecule has 0 saturated carbocycles. The number of hydrogen-bond donors (Lipinski definition) is 1. The summed E-state index contributed by atoms with van der Waals surface area (Å²) in [6.07, 6.45) is 1.93. The van der Waals surface area contributed by atoms with Gasteiger partial charge in [-0.2, -0.15) is 0 Å². The van der Waals surface area contributed by atoms with E-state index in [4.69, 9.17) is 12.2 Å². The normalized spacial score (nSPS) is 10.2. The standard InChI is InChI=1S/C9H7NS/c11-6-7-5-10-9-4-2-1-3-8(7)9/h1-6,10H. The highest BCUT2D eigenvalue weighted by Gasteiger charge is 1.97. The van der Waals surface area contributed by atoms with E-state index in [1.54, 1.807) is 5.37 Å². The first kappa shape index (κ1) is 6.55. The van der Waals surface area contributed by atoms with Crippen LogP contribution >= 0.6 is 12.2 Å². The summed E-state index contributed by atoms with van der Waals surface area (Å²) in [4.78, 5) is 3.14. The van der Waals surface area contributed by atoms with Gasteiger partial charge in [0.2, 0.25) is 0 Å². The SMILES string of the molecule is S=Cc1c[nH]c2ccccc12. The Kier molecular flexibility index (Phi) is 1.47. The number of fused-ring (bicyclic) bond motifs is 1. The molecule has 1 aromatic carbocycles. The molecule has 0 unspecified atom stereocenters. The van der Waals surface area contributed by atoms with Gasteiger partial charge in [-0.15, -0.1) is 0 Å². The van der Waals surface area contributed by atoms with Crippen LogP contribution in [-0.4, -0.2) is 10.4 Å². The van der Waals surface area contributed by atoms with Crippen molar-refractivity contribution in [1.29, 1.82) is 0 Å². The number of aromatic amines is 1. The highest BCUT2D eigenvalue weighted by molar-refractivity contribution is 7.79. The van der Waals surface area contributed by atoms with Crippen LogP contribution in [0.25, 0.3) is 10.9 Å². The van der Waals surface area contributed by atoms with Gasteiger partial charge in [0.15, 0.2) is 0 Å². The molecular formula is C9H7NS. The number of nitrogens with one attached hydrogen (secondary N) is 1. The molecule has 2 heteroatoms. The van der Waals surface area contributed by atoms with Gasteiger partial charge in [0, 0.05) is 28.0 Å². The van der Waals surface area contributed by atoms with E-state index in [1.807, 2.05) is 24.4 Å². The first-order chi connectivity index (χ1) is 5.42. The van der Waals surface area contributed by atoms with Crippen LogP contribution in [0.5, 0.6) is 0 Å². The van der Waals surface area contributed by atoms with Crippen LogP contribution in [0.2, 0.25) is 0 Å². The molecule has 0 aliphatic rings. The predicted molar refractivity (Wildman–Crippen MR) is 51.1 cm³/mol. The average molecular weight is 161 g/mol. The van der Waals surface area contributed by atoms with Crippen LogP contribution in [0.4, 0.5) is 0 Å². The summed E-state index contributed by atoms with van der Waals surface area (Å²) in [6.45, 7) is 0. The number of aromatic nitrogens is 1. The van der Waals surface area contributed by atoms with Crippen molar-refractivity contribution in [2.24, 2.45) is 0 Å². The Balaban J connectivity index is 2.86. The fraction of sp³-hybridized carbons (Fsp3) is 0. The molecule has 0 fully saturated rings. The van der Waals surface area contributed by atoms with Crippen LogP contribution in [-0.2, 0) is 0 Å². The van der Waals surface area contributed by atoms with Gasteiger partial charge in [-0.05, 0) is 6.07 Å². The molecule has 2 aromatic rings. The highest BCUT2D eigenvalue weighted by atomic mass is 32.1. The number of rotatable bonds is 1. The van der Waals surface area contributed by atoms with Gasteiger partial charge in [0.1, 0.15) is 0 Å². The minimum Gasteiger partial charge on any atom is -0.361 e. The van der Waals surface area contributed by atoms with Crippen LogP contribution in [0, 0.1) is 0 Å². The lowest BCUT2D eigenvalue weighted by atomic mass is 10.2. The fourth-order valence-electron chi connectivity index (χ4n) is 1.19. The molecule has 0 aliphatic heterocycles. The lowest BCUT2D eigenvalue weighted by molar-refractivity contribution is 1.47. The summed E-state index contributed by atoms with van der Waals surface area (Å²) in [5.74, 6) is 0. The van der Waals surface area contributed by atoms with Gasteiger partial charge in [-0.25, -0.2) is 0 Å². The van der Waals surface area contributed by atoms with E-state index in [0.717, 1.165) is 11.1 Å². The zero-order valence-electron chi connectivity index (χ0n) is 5.87. The van der Waals surface area contributed by atoms with Gasteiger partial charge in [0.05, 0.1) is 0 Å². The average Bonchev–Trinajstić information content (AvgIpc) is 2.47. The Morgan fingerprint density at radius 2 is 2.09 bits per heavy atom. The first-order valence-electron chi connectivity index (χ1n) is 3.43. The molecule has 54 valence electrons. The second-order valence-electron chi connectivity index (χ2n) is 2.41. The lowest BCUT2D eigenvalue weighted by Crippen LogP contribution is -1.70. The Hall–Kier alpha value is -1.15. The van der Waals surface area contributed by atoms with Crippen LogP contribution < -0.4 is 0 Å². The van der Waals surface area contributed by atoms with Crippen molar-refractivity contribution in [2.75, 3.05) is 0 Å². The van der Waals surface area contributed by atoms with E-state index >= 15 is 0 Å². The highest BCUT2D eigenvalue weighted by Crippen LogP contribution is 2.15. The largest absolute Gasteiger partial charge is 0.361 e. The predicted octanol–water partition coefficient (Wildman–Crippen LogP) is 2.52. The summed E-state index contributed by atoms with van der Waals surface area (Å²) in [5, 5.41) is 2.89. The Bertz CT molecular complexity index is 389. The third kappa shape index (κ3) is 0.955. The first-order valence-corrected chi connectivity index (χ1v) is 3.90. The minimum atomic E-state index is 1.09. The fourth-order valence-corrected chi connectivity index (χ4v) is 1.39. The maximum Gasteiger partial charge on any atom is 0.0460 e. The number of H-pyrrole nitrogens is 1. The van der Waals surface area contributed by atoms with E-state index in [-0.39, 0.29) is 0 Å². The van der Waals surface area contributed by atoms with Gasteiger partial charge < -0.3 is 4.98 Å². The summed E-state index contributed by atoms with van der Waals surface area (Å²) in [6, 6.07) is 8.12. The summed E-state index contributed by atoms with van der Waals surface area (Å²) in [5.41, 5.74) is 2.24. The molecule has 11 heavy (non-hydrogen) atoms. The van der Waals surface area contributed by atoms with Crippen LogP contribution in [0.15, 0.2) is 30.5 Å². The Morgan fingerprint density at radius 1 is 1.27 bits per heavy atom. The van der Waals surface area contributed by atoms with Gasteiger partial charge in [0.25, 0.3) is 0 Å². The van der Waals surface area contributed by atoms with E-state index in [1.165, 1.54) is 5.39 Å². The number of hydrogen-bond acceptors (Lipinski definition) is 1. The molecule has 1 heterocycles. The van der Waals surface area contributed by atoms with E-state index in [0.29, 0.717) is 0 Å². The van der Waals surface area contributed by atoms with Crippen molar-refractivity contribution in [3.63, 3.8) is 0 Å². The molecule has 2 rings (SSSR count). The van der Waals surface area contributed by atoms with Crippen molar-refractivity contribution >= 4 is 28.5 Å². The van der Waals surface area contributed by atoms with Crippen molar-refractivity contribution in [1.82, 2.24) is 4.98 Å². The topological polar surface area (TPSA) is 15.8 Å². The van der Waals surface area contributed by atoms with E-state index in [2.05, 4.69) is 11.1 Å². The molecule has 0 bridgehead atoms. The third-order valence-corrected chi connectivity index (χ3v) is 2.00. The summed E-state index contributed by atoms with van der Waals surface area (Å²) < 4.78 is 0. The molecule has 0 amide bonds. The molecule has 1 nitrogen and oxygen atoms in total. The van der Waals surface area contributed by atoms with Gasteiger partial charge in [-0.1, -0.05) is 30.4 Å². The quantitative estimate of drug-likeness (QED) is 0.635. The van der Waals surface area contributed by atoms with Crippen LogP contribution in [0.3, 0.4) is 0 Å².